The Morgan fingerprint density at radius 1 is 1.29 bits per heavy atom. The second-order valence-corrected chi connectivity index (χ2v) is 8.31. The molecule has 0 aromatic heterocycles. The fourth-order valence-corrected chi connectivity index (χ4v) is 3.36. The van der Waals surface area contributed by atoms with Crippen LogP contribution in [-0.4, -0.2) is 42.8 Å². The van der Waals surface area contributed by atoms with Gasteiger partial charge in [-0.2, -0.15) is 0 Å². The number of hydrogen-bond acceptors (Lipinski definition) is 3. The Morgan fingerprint density at radius 3 is 2.58 bits per heavy atom. The average Bonchev–Trinajstić information content (AvgIpc) is 2.52. The van der Waals surface area contributed by atoms with E-state index in [0.717, 1.165) is 45.4 Å². The molecule has 134 valence electrons. The smallest absolute Gasteiger partial charge is 0.410 e. The highest BCUT2D eigenvalue weighted by Gasteiger charge is 2.26. The third-order valence-electron chi connectivity index (χ3n) is 4.23. The molecule has 1 aromatic rings. The first-order valence-corrected chi connectivity index (χ1v) is 9.56. The second kappa shape index (κ2) is 8.86. The van der Waals surface area contributed by atoms with Gasteiger partial charge in [-0.15, -0.1) is 0 Å². The van der Waals surface area contributed by atoms with Crippen molar-refractivity contribution in [1.82, 2.24) is 10.2 Å². The number of halogens is 1. The molecule has 0 spiro atoms. The van der Waals surface area contributed by atoms with E-state index in [2.05, 4.69) is 39.4 Å². The predicted molar refractivity (Wildman–Crippen MR) is 101 cm³/mol. The molecule has 1 amide bonds. The molecule has 1 heterocycles. The molecule has 0 bridgehead atoms. The molecule has 0 aliphatic carbocycles. The lowest BCUT2D eigenvalue weighted by atomic mass is 9.97. The lowest BCUT2D eigenvalue weighted by Gasteiger charge is -2.33. The Kier molecular flexibility index (Phi) is 7.11. The number of hydrogen-bond donors (Lipinski definition) is 1. The van der Waals surface area contributed by atoms with Crippen molar-refractivity contribution in [2.75, 3.05) is 26.2 Å². The maximum Gasteiger partial charge on any atom is 0.410 e. The summed E-state index contributed by atoms with van der Waals surface area (Å²) in [6, 6.07) is 8.36. The molecule has 1 aromatic carbocycles. The Balaban J connectivity index is 1.63. The molecule has 1 aliphatic rings. The van der Waals surface area contributed by atoms with Gasteiger partial charge in [-0.1, -0.05) is 34.1 Å². The van der Waals surface area contributed by atoms with Gasteiger partial charge in [-0.25, -0.2) is 4.79 Å². The highest BCUT2D eigenvalue weighted by atomic mass is 79.9. The lowest BCUT2D eigenvalue weighted by molar-refractivity contribution is 0.0184. The fraction of sp³-hybridized carbons (Fsp3) is 0.632. The van der Waals surface area contributed by atoms with Crippen molar-refractivity contribution >= 4 is 22.0 Å². The molecule has 24 heavy (non-hydrogen) atoms. The fourth-order valence-electron chi connectivity index (χ4n) is 2.88. The molecular formula is C19H29BrN2O2. The minimum Gasteiger partial charge on any atom is -0.444 e. The minimum atomic E-state index is -0.415. The van der Waals surface area contributed by atoms with E-state index in [-0.39, 0.29) is 6.09 Å². The third-order valence-corrected chi connectivity index (χ3v) is 5.00. The number of nitrogens with zero attached hydrogens (tertiary/aromatic N) is 1. The van der Waals surface area contributed by atoms with Crippen molar-refractivity contribution in [2.24, 2.45) is 5.92 Å². The number of likely N-dealkylation sites (tertiary alicyclic amines) is 1. The molecule has 1 N–H and O–H groups in total. The first kappa shape index (κ1) is 19.3. The van der Waals surface area contributed by atoms with Crippen molar-refractivity contribution in [3.8, 4) is 0 Å². The number of nitrogens with one attached hydrogen (secondary N) is 1. The van der Waals surface area contributed by atoms with Gasteiger partial charge in [0, 0.05) is 17.6 Å². The van der Waals surface area contributed by atoms with Crippen LogP contribution in [-0.2, 0) is 11.2 Å². The van der Waals surface area contributed by atoms with Crippen LogP contribution in [0, 0.1) is 5.92 Å². The summed E-state index contributed by atoms with van der Waals surface area (Å²) in [5.74, 6) is 0.642. The van der Waals surface area contributed by atoms with Crippen LogP contribution in [0.3, 0.4) is 0 Å². The topological polar surface area (TPSA) is 41.6 Å². The summed E-state index contributed by atoms with van der Waals surface area (Å²) in [4.78, 5) is 13.9. The third kappa shape index (κ3) is 6.44. The maximum absolute atomic E-state index is 12.1. The molecule has 0 atom stereocenters. The van der Waals surface area contributed by atoms with Gasteiger partial charge in [0.15, 0.2) is 0 Å². The van der Waals surface area contributed by atoms with Gasteiger partial charge in [0.1, 0.15) is 5.60 Å². The zero-order valence-electron chi connectivity index (χ0n) is 15.0. The molecule has 5 heteroatoms. The van der Waals surface area contributed by atoms with Crippen LogP contribution in [0.15, 0.2) is 28.7 Å². The van der Waals surface area contributed by atoms with Crippen LogP contribution in [0.25, 0.3) is 0 Å². The van der Waals surface area contributed by atoms with E-state index in [4.69, 9.17) is 4.74 Å². The van der Waals surface area contributed by atoms with Crippen LogP contribution in [0.1, 0.15) is 39.2 Å². The van der Waals surface area contributed by atoms with Crippen molar-refractivity contribution < 1.29 is 9.53 Å². The summed E-state index contributed by atoms with van der Waals surface area (Å²) < 4.78 is 6.62. The average molecular weight is 397 g/mol. The standard InChI is InChI=1S/C19H29BrN2O2/c1-19(2,3)24-18(23)22-12-9-15(10-13-22)14-21-11-8-16-6-4-5-7-17(16)20/h4-7,15,21H,8-14H2,1-3H3. The summed E-state index contributed by atoms with van der Waals surface area (Å²) >= 11 is 3.59. The van der Waals surface area contributed by atoms with Crippen LogP contribution in [0.5, 0.6) is 0 Å². The number of rotatable bonds is 5. The normalized spacial score (nSPS) is 16.2. The largest absolute Gasteiger partial charge is 0.444 e. The van der Waals surface area contributed by atoms with Crippen LogP contribution in [0.4, 0.5) is 4.79 Å². The molecule has 0 radical (unpaired) electrons. The molecule has 0 saturated carbocycles. The Hall–Kier alpha value is -1.07. The molecule has 2 rings (SSSR count). The van der Waals surface area contributed by atoms with Gasteiger partial charge in [0.2, 0.25) is 0 Å². The van der Waals surface area contributed by atoms with E-state index in [0.29, 0.717) is 5.92 Å². The van der Waals surface area contributed by atoms with Gasteiger partial charge < -0.3 is 15.0 Å². The molecule has 4 nitrogen and oxygen atoms in total. The van der Waals surface area contributed by atoms with Crippen molar-refractivity contribution in [1.29, 1.82) is 0 Å². The number of carbonyl (C=O) groups is 1. The predicted octanol–water partition coefficient (Wildman–Crippen LogP) is 4.23. The highest BCUT2D eigenvalue weighted by Crippen LogP contribution is 2.19. The zero-order chi connectivity index (χ0) is 17.6. The van der Waals surface area contributed by atoms with Gasteiger partial charge in [-0.3, -0.25) is 0 Å². The minimum absolute atomic E-state index is 0.178. The van der Waals surface area contributed by atoms with Gasteiger partial charge in [0.05, 0.1) is 0 Å². The molecule has 1 saturated heterocycles. The summed E-state index contributed by atoms with van der Waals surface area (Å²) in [5.41, 5.74) is 0.922. The van der Waals surface area contributed by atoms with E-state index in [1.54, 1.807) is 0 Å². The monoisotopic (exact) mass is 396 g/mol. The van der Waals surface area contributed by atoms with Crippen molar-refractivity contribution in [2.45, 2.75) is 45.6 Å². The zero-order valence-corrected chi connectivity index (χ0v) is 16.6. The number of carbonyl (C=O) groups excluding carboxylic acids is 1. The SMILES string of the molecule is CC(C)(C)OC(=O)N1CCC(CNCCc2ccccc2Br)CC1. The quantitative estimate of drug-likeness (QED) is 0.757. The summed E-state index contributed by atoms with van der Waals surface area (Å²) in [7, 11) is 0. The number of piperidine rings is 1. The van der Waals surface area contributed by atoms with Crippen molar-refractivity contribution in [3.05, 3.63) is 34.3 Å². The Bertz CT molecular complexity index is 534. The summed E-state index contributed by atoms with van der Waals surface area (Å²) in [6.07, 6.45) is 2.93. The van der Waals surface area contributed by atoms with Crippen LogP contribution < -0.4 is 5.32 Å². The summed E-state index contributed by atoms with van der Waals surface area (Å²) in [6.45, 7) is 9.32. The molecule has 0 unspecified atom stereocenters. The van der Waals surface area contributed by atoms with E-state index >= 15 is 0 Å². The number of benzene rings is 1. The Labute approximate surface area is 154 Å². The lowest BCUT2D eigenvalue weighted by Crippen LogP contribution is -2.43. The van der Waals surface area contributed by atoms with E-state index in [1.165, 1.54) is 10.0 Å². The van der Waals surface area contributed by atoms with Crippen LogP contribution in [0.2, 0.25) is 0 Å². The number of amides is 1. The van der Waals surface area contributed by atoms with Crippen molar-refractivity contribution in [3.63, 3.8) is 0 Å². The highest BCUT2D eigenvalue weighted by molar-refractivity contribution is 9.10. The molecule has 1 aliphatic heterocycles. The van der Waals surface area contributed by atoms with E-state index in [1.807, 2.05) is 31.7 Å². The van der Waals surface area contributed by atoms with E-state index < -0.39 is 5.60 Å². The van der Waals surface area contributed by atoms with Gasteiger partial charge in [0.25, 0.3) is 0 Å². The Morgan fingerprint density at radius 2 is 1.96 bits per heavy atom. The maximum atomic E-state index is 12.1. The number of ether oxygens (including phenoxy) is 1. The van der Waals surface area contributed by atoms with E-state index in [9.17, 15) is 4.79 Å². The van der Waals surface area contributed by atoms with Gasteiger partial charge in [-0.05, 0) is 70.7 Å². The first-order chi connectivity index (χ1) is 11.3. The second-order valence-electron chi connectivity index (χ2n) is 7.46. The molecular weight excluding hydrogens is 368 g/mol. The molecule has 1 fully saturated rings. The van der Waals surface area contributed by atoms with Crippen LogP contribution >= 0.6 is 15.9 Å². The summed E-state index contributed by atoms with van der Waals surface area (Å²) in [5, 5.41) is 3.56. The first-order valence-electron chi connectivity index (χ1n) is 8.77. The van der Waals surface area contributed by atoms with Gasteiger partial charge >= 0.3 is 6.09 Å².